The van der Waals surface area contributed by atoms with E-state index in [1.807, 2.05) is 0 Å². The number of sulfone groups is 1. The molecule has 5 nitrogen and oxygen atoms in total. The van der Waals surface area contributed by atoms with Gasteiger partial charge in [0.25, 0.3) is 0 Å². The van der Waals surface area contributed by atoms with Crippen molar-refractivity contribution in [3.8, 4) is 5.75 Å². The fourth-order valence-electron chi connectivity index (χ4n) is 2.55. The van der Waals surface area contributed by atoms with E-state index in [0.717, 1.165) is 5.52 Å². The Hall–Kier alpha value is -2.18. The van der Waals surface area contributed by atoms with Gasteiger partial charge in [-0.15, -0.1) is 0 Å². The lowest BCUT2D eigenvalue weighted by atomic mass is 10.2. The summed E-state index contributed by atoms with van der Waals surface area (Å²) < 4.78 is 31.3. The zero-order valence-electron chi connectivity index (χ0n) is 12.6. The third kappa shape index (κ3) is 2.54. The van der Waals surface area contributed by atoms with Gasteiger partial charge in [-0.05, 0) is 43.3 Å². The number of benzene rings is 2. The summed E-state index contributed by atoms with van der Waals surface area (Å²) in [7, 11) is -2.21. The number of halogens is 1. The third-order valence-corrected chi connectivity index (χ3v) is 5.95. The molecule has 23 heavy (non-hydrogen) atoms. The van der Waals surface area contributed by atoms with Crippen LogP contribution in [0.5, 0.6) is 5.75 Å². The third-order valence-electron chi connectivity index (χ3n) is 3.69. The summed E-state index contributed by atoms with van der Waals surface area (Å²) in [6, 6.07) is 9.56. The summed E-state index contributed by atoms with van der Waals surface area (Å²) in [6.07, 6.45) is 0. The van der Waals surface area contributed by atoms with Crippen molar-refractivity contribution in [1.82, 2.24) is 4.98 Å². The molecule has 0 amide bonds. The first-order chi connectivity index (χ1) is 10.8. The zero-order valence-corrected chi connectivity index (χ0v) is 14.1. The van der Waals surface area contributed by atoms with Gasteiger partial charge in [-0.3, -0.25) is 0 Å². The number of hydrogen-bond acceptors (Lipinski definition) is 4. The van der Waals surface area contributed by atoms with E-state index in [9.17, 15) is 8.42 Å². The fraction of sp³-hybridized carbons (Fsp3) is 0.125. The fourth-order valence-corrected chi connectivity index (χ4v) is 4.46. The summed E-state index contributed by atoms with van der Waals surface area (Å²) in [5, 5.41) is 0.788. The number of aryl methyl sites for hydroxylation is 1. The molecule has 0 spiro atoms. The van der Waals surface area contributed by atoms with Crippen molar-refractivity contribution >= 4 is 38.0 Å². The minimum atomic E-state index is -3.74. The van der Waals surface area contributed by atoms with Crippen molar-refractivity contribution < 1.29 is 13.2 Å². The van der Waals surface area contributed by atoms with Crippen LogP contribution >= 0.6 is 11.6 Å². The van der Waals surface area contributed by atoms with Crippen LogP contribution in [0.4, 0.5) is 5.69 Å². The molecule has 1 aromatic heterocycles. The van der Waals surface area contributed by atoms with E-state index in [4.69, 9.17) is 22.1 Å². The minimum Gasteiger partial charge on any atom is -0.497 e. The highest BCUT2D eigenvalue weighted by atomic mass is 35.5. The molecule has 0 aliphatic heterocycles. The van der Waals surface area contributed by atoms with Gasteiger partial charge in [0.05, 0.1) is 22.7 Å². The highest BCUT2D eigenvalue weighted by molar-refractivity contribution is 7.91. The Bertz CT molecular complexity index is 1010. The second-order valence-corrected chi connectivity index (χ2v) is 7.47. The molecule has 7 heteroatoms. The normalized spacial score (nSPS) is 11.8. The number of nitrogens with one attached hydrogen (secondary N) is 1. The maximum absolute atomic E-state index is 13.0. The first-order valence-corrected chi connectivity index (χ1v) is 8.67. The van der Waals surface area contributed by atoms with Crippen LogP contribution in [0.25, 0.3) is 10.9 Å². The van der Waals surface area contributed by atoms with Crippen LogP contribution in [-0.2, 0) is 9.84 Å². The number of nitrogens with two attached hydrogens (primary N) is 1. The SMILES string of the molecule is COc1ccc2[nH]c(C)c(S(=O)(=O)c3ccc(N)c(Cl)c3)c2c1. The van der Waals surface area contributed by atoms with Crippen LogP contribution < -0.4 is 10.5 Å². The largest absolute Gasteiger partial charge is 0.497 e. The average molecular weight is 351 g/mol. The molecule has 0 saturated heterocycles. The number of rotatable bonds is 3. The summed E-state index contributed by atoms with van der Waals surface area (Å²) in [6.45, 7) is 1.72. The molecule has 1 heterocycles. The van der Waals surface area contributed by atoms with Gasteiger partial charge in [0.2, 0.25) is 9.84 Å². The van der Waals surface area contributed by atoms with Crippen LogP contribution in [0, 0.1) is 6.92 Å². The standard InChI is InChI=1S/C16H15ClN2O3S/c1-9-16(12-7-10(22-2)3-6-15(12)19-9)23(20,21)11-4-5-14(18)13(17)8-11/h3-8,19H,18H2,1-2H3. The number of hydrogen-bond donors (Lipinski definition) is 2. The number of ether oxygens (including phenoxy) is 1. The molecule has 3 aromatic rings. The number of H-pyrrole nitrogens is 1. The van der Waals surface area contributed by atoms with Crippen molar-refractivity contribution in [2.45, 2.75) is 16.7 Å². The number of aromatic nitrogens is 1. The summed E-state index contributed by atoms with van der Waals surface area (Å²) in [4.78, 5) is 3.40. The lowest BCUT2D eigenvalue weighted by molar-refractivity contribution is 0.415. The number of methoxy groups -OCH3 is 1. The number of aromatic amines is 1. The Labute approximate surface area is 138 Å². The highest BCUT2D eigenvalue weighted by Crippen LogP contribution is 2.34. The molecule has 3 rings (SSSR count). The number of anilines is 1. The van der Waals surface area contributed by atoms with E-state index in [1.54, 1.807) is 25.1 Å². The van der Waals surface area contributed by atoms with Crippen molar-refractivity contribution in [1.29, 1.82) is 0 Å². The van der Waals surface area contributed by atoms with Crippen molar-refractivity contribution in [3.05, 3.63) is 47.1 Å². The van der Waals surface area contributed by atoms with E-state index in [0.29, 0.717) is 22.5 Å². The van der Waals surface area contributed by atoms with Crippen molar-refractivity contribution in [2.24, 2.45) is 0 Å². The lowest BCUT2D eigenvalue weighted by Crippen LogP contribution is -2.04. The Morgan fingerprint density at radius 3 is 2.57 bits per heavy atom. The molecule has 0 aliphatic carbocycles. The topological polar surface area (TPSA) is 85.2 Å². The van der Waals surface area contributed by atoms with Crippen molar-refractivity contribution in [2.75, 3.05) is 12.8 Å². The molecule has 0 unspecified atom stereocenters. The summed E-state index contributed by atoms with van der Waals surface area (Å²) in [5.41, 5.74) is 7.28. The quantitative estimate of drug-likeness (QED) is 0.707. The lowest BCUT2D eigenvalue weighted by Gasteiger charge is -2.07. The maximum Gasteiger partial charge on any atom is 0.209 e. The molecule has 0 atom stereocenters. The Kier molecular flexibility index (Phi) is 3.74. The molecular weight excluding hydrogens is 336 g/mol. The second kappa shape index (κ2) is 5.47. The van der Waals surface area contributed by atoms with Crippen LogP contribution in [0.3, 0.4) is 0 Å². The monoisotopic (exact) mass is 350 g/mol. The summed E-state index contributed by atoms with van der Waals surface area (Å²) in [5.74, 6) is 0.586. The van der Waals surface area contributed by atoms with Crippen molar-refractivity contribution in [3.63, 3.8) is 0 Å². The van der Waals surface area contributed by atoms with Gasteiger partial charge < -0.3 is 15.5 Å². The predicted molar refractivity (Wildman–Crippen MR) is 90.9 cm³/mol. The highest BCUT2D eigenvalue weighted by Gasteiger charge is 2.25. The first-order valence-electron chi connectivity index (χ1n) is 6.81. The molecule has 0 aliphatic rings. The van der Waals surface area contributed by atoms with Gasteiger partial charge in [0.15, 0.2) is 0 Å². The molecule has 0 bridgehead atoms. The Balaban J connectivity index is 2.29. The van der Waals surface area contributed by atoms with Gasteiger partial charge in [-0.25, -0.2) is 8.42 Å². The Morgan fingerprint density at radius 2 is 1.91 bits per heavy atom. The second-order valence-electron chi connectivity index (χ2n) is 5.18. The molecule has 0 saturated carbocycles. The van der Waals surface area contributed by atoms with Crippen LogP contribution in [-0.4, -0.2) is 20.5 Å². The maximum atomic E-state index is 13.0. The van der Waals surface area contributed by atoms with E-state index in [2.05, 4.69) is 4.98 Å². The van der Waals surface area contributed by atoms with Crippen LogP contribution in [0.1, 0.15) is 5.69 Å². The zero-order chi connectivity index (χ0) is 16.8. The van der Waals surface area contributed by atoms with E-state index >= 15 is 0 Å². The summed E-state index contributed by atoms with van der Waals surface area (Å²) >= 11 is 5.97. The van der Waals surface area contributed by atoms with E-state index in [1.165, 1.54) is 25.3 Å². The molecule has 0 fully saturated rings. The van der Waals surface area contributed by atoms with Gasteiger partial charge >= 0.3 is 0 Å². The average Bonchev–Trinajstić information content (AvgIpc) is 2.85. The van der Waals surface area contributed by atoms with Gasteiger partial charge in [-0.2, -0.15) is 0 Å². The van der Waals surface area contributed by atoms with E-state index in [-0.39, 0.29) is 14.8 Å². The van der Waals surface area contributed by atoms with Gasteiger partial charge in [-0.1, -0.05) is 11.6 Å². The molecule has 120 valence electrons. The predicted octanol–water partition coefficient (Wildman–Crippen LogP) is 3.55. The van der Waals surface area contributed by atoms with Gasteiger partial charge in [0, 0.05) is 16.6 Å². The molecule has 3 N–H and O–H groups in total. The first kappa shape index (κ1) is 15.7. The van der Waals surface area contributed by atoms with E-state index < -0.39 is 9.84 Å². The smallest absolute Gasteiger partial charge is 0.209 e. The molecular formula is C16H15ClN2O3S. The number of fused-ring (bicyclic) bond motifs is 1. The Morgan fingerprint density at radius 1 is 1.17 bits per heavy atom. The van der Waals surface area contributed by atoms with Gasteiger partial charge in [0.1, 0.15) is 10.6 Å². The molecule has 0 radical (unpaired) electrons. The molecule has 2 aromatic carbocycles. The number of nitrogen functional groups attached to an aromatic ring is 1. The van der Waals surface area contributed by atoms with Crippen LogP contribution in [0.2, 0.25) is 5.02 Å². The minimum absolute atomic E-state index is 0.100. The van der Waals surface area contributed by atoms with Crippen LogP contribution in [0.15, 0.2) is 46.2 Å².